The number of hydrogen-bond acceptors (Lipinski definition) is 7. The summed E-state index contributed by atoms with van der Waals surface area (Å²) in [6.45, 7) is 0.151. The van der Waals surface area contributed by atoms with Crippen molar-refractivity contribution in [2.75, 3.05) is 5.32 Å². The minimum Gasteiger partial charge on any atom is -0.507 e. The molecule has 2 aromatic carbocycles. The van der Waals surface area contributed by atoms with Crippen molar-refractivity contribution in [3.8, 4) is 28.7 Å². The number of nitrogens with one attached hydrogen (secondary N) is 1. The summed E-state index contributed by atoms with van der Waals surface area (Å²) in [6, 6.07) is 17.5. The Hall–Kier alpha value is -4.86. The van der Waals surface area contributed by atoms with Crippen LogP contribution in [0.4, 0.5) is 10.2 Å². The third-order valence-electron chi connectivity index (χ3n) is 5.03. The number of carbonyl (C=O) groups is 1. The second-order valence-corrected chi connectivity index (χ2v) is 7.29. The average molecular weight is 456 g/mol. The second kappa shape index (κ2) is 8.94. The molecule has 0 aliphatic heterocycles. The first-order valence-electron chi connectivity index (χ1n) is 10.2. The standard InChI is InChI=1S/C24H17FN6O3/c25-17-7-3-1-5-15(17)14-31-20(18-10-12-34-30-18)13-19(29-31)23-26-11-9-22(27-23)28-24(33)16-6-2-4-8-21(16)32/h1-13,32H,14H2,(H,26,27,28,33). The Kier molecular flexibility index (Phi) is 5.53. The van der Waals surface area contributed by atoms with E-state index >= 15 is 0 Å². The first-order valence-corrected chi connectivity index (χ1v) is 10.2. The van der Waals surface area contributed by atoms with Gasteiger partial charge in [-0.3, -0.25) is 9.48 Å². The summed E-state index contributed by atoms with van der Waals surface area (Å²) < 4.78 is 20.8. The number of para-hydroxylation sites is 1. The van der Waals surface area contributed by atoms with Crippen LogP contribution in [0.25, 0.3) is 22.9 Å². The fourth-order valence-electron chi connectivity index (χ4n) is 3.39. The molecule has 0 unspecified atom stereocenters. The van der Waals surface area contributed by atoms with Gasteiger partial charge in [-0.25, -0.2) is 14.4 Å². The Balaban J connectivity index is 1.47. The van der Waals surface area contributed by atoms with Crippen molar-refractivity contribution in [1.82, 2.24) is 24.9 Å². The second-order valence-electron chi connectivity index (χ2n) is 7.29. The molecular weight excluding hydrogens is 439 g/mol. The topological polar surface area (TPSA) is 119 Å². The largest absolute Gasteiger partial charge is 0.507 e. The molecule has 0 bridgehead atoms. The highest BCUT2D eigenvalue weighted by molar-refractivity contribution is 6.05. The summed E-state index contributed by atoms with van der Waals surface area (Å²) in [5.74, 6) is -0.540. The molecule has 34 heavy (non-hydrogen) atoms. The number of phenolic OH excluding ortho intramolecular Hbond substituents is 1. The lowest BCUT2D eigenvalue weighted by atomic mass is 10.2. The Labute approximate surface area is 192 Å². The van der Waals surface area contributed by atoms with Crippen LogP contribution in [0.3, 0.4) is 0 Å². The average Bonchev–Trinajstić information content (AvgIpc) is 3.51. The van der Waals surface area contributed by atoms with Gasteiger partial charge in [0.25, 0.3) is 5.91 Å². The van der Waals surface area contributed by atoms with Crippen LogP contribution in [0.5, 0.6) is 5.75 Å². The van der Waals surface area contributed by atoms with Crippen LogP contribution >= 0.6 is 0 Å². The predicted molar refractivity (Wildman–Crippen MR) is 120 cm³/mol. The normalized spacial score (nSPS) is 10.9. The number of rotatable bonds is 6. The zero-order chi connectivity index (χ0) is 23.5. The summed E-state index contributed by atoms with van der Waals surface area (Å²) in [6.07, 6.45) is 2.91. The maximum absolute atomic E-state index is 14.3. The zero-order valence-electron chi connectivity index (χ0n) is 17.6. The number of anilines is 1. The number of aromatic hydroxyl groups is 1. The van der Waals surface area contributed by atoms with Crippen LogP contribution in [0, 0.1) is 5.82 Å². The van der Waals surface area contributed by atoms with Crippen molar-refractivity contribution < 1.29 is 18.8 Å². The summed E-state index contributed by atoms with van der Waals surface area (Å²) in [7, 11) is 0. The van der Waals surface area contributed by atoms with Crippen molar-refractivity contribution in [1.29, 1.82) is 0 Å². The fraction of sp³-hybridized carbons (Fsp3) is 0.0417. The Morgan fingerprint density at radius 2 is 1.88 bits per heavy atom. The van der Waals surface area contributed by atoms with Crippen LogP contribution in [0.1, 0.15) is 15.9 Å². The first kappa shape index (κ1) is 21.0. The zero-order valence-corrected chi connectivity index (χ0v) is 17.6. The van der Waals surface area contributed by atoms with E-state index in [0.29, 0.717) is 22.6 Å². The van der Waals surface area contributed by atoms with Crippen molar-refractivity contribution in [3.63, 3.8) is 0 Å². The van der Waals surface area contributed by atoms with E-state index in [9.17, 15) is 14.3 Å². The predicted octanol–water partition coefficient (Wildman–Crippen LogP) is 4.14. The number of phenols is 1. The number of amides is 1. The van der Waals surface area contributed by atoms with Crippen molar-refractivity contribution >= 4 is 11.7 Å². The highest BCUT2D eigenvalue weighted by Gasteiger charge is 2.18. The van der Waals surface area contributed by atoms with E-state index in [0.717, 1.165) is 0 Å². The first-order chi connectivity index (χ1) is 16.6. The van der Waals surface area contributed by atoms with Gasteiger partial charge in [-0.05, 0) is 30.3 Å². The number of benzene rings is 2. The molecule has 9 nitrogen and oxygen atoms in total. The molecule has 3 aromatic heterocycles. The Morgan fingerprint density at radius 1 is 1.06 bits per heavy atom. The van der Waals surface area contributed by atoms with Crippen LogP contribution in [-0.4, -0.2) is 35.9 Å². The minimum absolute atomic E-state index is 0.116. The SMILES string of the molecule is O=C(Nc1ccnc(-c2cc(-c3ccon3)n(Cc3ccccc3F)n2)n1)c1ccccc1O. The van der Waals surface area contributed by atoms with Gasteiger partial charge < -0.3 is 14.9 Å². The monoisotopic (exact) mass is 456 g/mol. The lowest BCUT2D eigenvalue weighted by molar-refractivity contribution is 0.102. The van der Waals surface area contributed by atoms with Crippen LogP contribution in [-0.2, 0) is 6.54 Å². The van der Waals surface area contributed by atoms with Gasteiger partial charge in [-0.1, -0.05) is 35.5 Å². The molecule has 0 spiro atoms. The van der Waals surface area contributed by atoms with Gasteiger partial charge in [0.05, 0.1) is 17.8 Å². The molecule has 1 amide bonds. The summed E-state index contributed by atoms with van der Waals surface area (Å²) in [5, 5.41) is 21.1. The van der Waals surface area contributed by atoms with Crippen molar-refractivity contribution in [3.05, 3.63) is 96.1 Å². The van der Waals surface area contributed by atoms with Gasteiger partial charge in [0, 0.05) is 17.8 Å². The van der Waals surface area contributed by atoms with Crippen LogP contribution in [0.2, 0.25) is 0 Å². The molecule has 0 fully saturated rings. The molecule has 0 aliphatic carbocycles. The third kappa shape index (κ3) is 4.24. The van der Waals surface area contributed by atoms with E-state index < -0.39 is 5.91 Å². The summed E-state index contributed by atoms with van der Waals surface area (Å²) >= 11 is 0. The van der Waals surface area contributed by atoms with E-state index in [2.05, 4.69) is 25.5 Å². The van der Waals surface area contributed by atoms with Gasteiger partial charge in [0.1, 0.15) is 35.0 Å². The molecule has 2 N–H and O–H groups in total. The van der Waals surface area contributed by atoms with E-state index in [-0.39, 0.29) is 35.3 Å². The lowest BCUT2D eigenvalue weighted by Crippen LogP contribution is -2.13. The molecule has 3 heterocycles. The number of aromatic nitrogens is 5. The van der Waals surface area contributed by atoms with Gasteiger partial charge in [0.2, 0.25) is 0 Å². The van der Waals surface area contributed by atoms with Gasteiger partial charge >= 0.3 is 0 Å². The Morgan fingerprint density at radius 3 is 2.68 bits per heavy atom. The molecule has 0 atom stereocenters. The Bertz CT molecular complexity index is 1470. The third-order valence-corrected chi connectivity index (χ3v) is 5.03. The highest BCUT2D eigenvalue weighted by Crippen LogP contribution is 2.25. The summed E-state index contributed by atoms with van der Waals surface area (Å²) in [4.78, 5) is 21.2. The molecule has 5 aromatic rings. The molecule has 0 radical (unpaired) electrons. The van der Waals surface area contributed by atoms with E-state index in [1.54, 1.807) is 47.1 Å². The minimum atomic E-state index is -0.517. The molecule has 5 rings (SSSR count). The van der Waals surface area contributed by atoms with Crippen molar-refractivity contribution in [2.45, 2.75) is 6.54 Å². The van der Waals surface area contributed by atoms with E-state index in [4.69, 9.17) is 4.52 Å². The molecule has 0 saturated carbocycles. The van der Waals surface area contributed by atoms with Crippen LogP contribution < -0.4 is 5.32 Å². The number of nitrogens with zero attached hydrogens (tertiary/aromatic N) is 5. The smallest absolute Gasteiger partial charge is 0.260 e. The molecular formula is C24H17FN6O3. The van der Waals surface area contributed by atoms with Crippen molar-refractivity contribution in [2.24, 2.45) is 0 Å². The van der Waals surface area contributed by atoms with E-state index in [1.807, 2.05) is 0 Å². The van der Waals surface area contributed by atoms with Gasteiger partial charge in [0.15, 0.2) is 5.82 Å². The maximum Gasteiger partial charge on any atom is 0.260 e. The van der Waals surface area contributed by atoms with E-state index in [1.165, 1.54) is 36.7 Å². The highest BCUT2D eigenvalue weighted by atomic mass is 19.1. The van der Waals surface area contributed by atoms with Crippen LogP contribution in [0.15, 0.2) is 83.7 Å². The van der Waals surface area contributed by atoms with Gasteiger partial charge in [-0.15, -0.1) is 0 Å². The summed E-state index contributed by atoms with van der Waals surface area (Å²) in [5.41, 5.74) is 2.06. The molecule has 0 saturated heterocycles. The number of carbonyl (C=O) groups excluding carboxylic acids is 1. The maximum atomic E-state index is 14.3. The molecule has 10 heteroatoms. The molecule has 168 valence electrons. The molecule has 0 aliphatic rings. The quantitative estimate of drug-likeness (QED) is 0.394. The number of hydrogen-bond donors (Lipinski definition) is 2. The number of halogens is 1. The lowest BCUT2D eigenvalue weighted by Gasteiger charge is -2.07. The fourth-order valence-corrected chi connectivity index (χ4v) is 3.39. The van der Waals surface area contributed by atoms with Gasteiger partial charge in [-0.2, -0.15) is 5.10 Å².